The maximum atomic E-state index is 5.65. The highest BCUT2D eigenvalue weighted by molar-refractivity contribution is 5.72. The second-order valence-corrected chi connectivity index (χ2v) is 4.74. The topological polar surface area (TPSA) is 74.0 Å². The summed E-state index contributed by atoms with van der Waals surface area (Å²) in [5, 5.41) is 8.68. The molecule has 19 heavy (non-hydrogen) atoms. The zero-order valence-electron chi connectivity index (χ0n) is 11.5. The van der Waals surface area contributed by atoms with Crippen molar-refractivity contribution in [3.8, 4) is 11.1 Å². The maximum Gasteiger partial charge on any atom is 0.240 e. The van der Waals surface area contributed by atoms with Gasteiger partial charge in [-0.15, -0.1) is 5.10 Å². The van der Waals surface area contributed by atoms with Gasteiger partial charge in [0.25, 0.3) is 0 Å². The second kappa shape index (κ2) is 3.81. The van der Waals surface area contributed by atoms with Crippen molar-refractivity contribution in [2.45, 2.75) is 20.8 Å². The molecule has 3 aromatic heterocycles. The molecule has 0 spiro atoms. The van der Waals surface area contributed by atoms with Gasteiger partial charge in [-0.3, -0.25) is 4.68 Å². The summed E-state index contributed by atoms with van der Waals surface area (Å²) in [4.78, 5) is 4.17. The number of aryl methyl sites for hydroxylation is 3. The SMILES string of the molecule is Cc1nn(C)c(C)c1-c1ccc2nc(N)nn2c1C. The lowest BCUT2D eigenvalue weighted by Crippen LogP contribution is -1.98. The van der Waals surface area contributed by atoms with Crippen LogP contribution < -0.4 is 5.73 Å². The Hall–Kier alpha value is -2.37. The molecule has 0 aliphatic rings. The Morgan fingerprint density at radius 1 is 1.05 bits per heavy atom. The van der Waals surface area contributed by atoms with Crippen LogP contribution in [0.3, 0.4) is 0 Å². The normalized spacial score (nSPS) is 11.4. The fourth-order valence-electron chi connectivity index (χ4n) is 2.52. The van der Waals surface area contributed by atoms with Gasteiger partial charge in [-0.2, -0.15) is 10.1 Å². The Kier molecular flexibility index (Phi) is 2.35. The number of nitrogen functional groups attached to an aromatic ring is 1. The van der Waals surface area contributed by atoms with Crippen molar-refractivity contribution in [1.29, 1.82) is 0 Å². The highest BCUT2D eigenvalue weighted by atomic mass is 15.3. The third-order valence-electron chi connectivity index (χ3n) is 3.53. The van der Waals surface area contributed by atoms with Gasteiger partial charge in [0.1, 0.15) is 0 Å². The van der Waals surface area contributed by atoms with Crippen molar-refractivity contribution in [2.24, 2.45) is 7.05 Å². The fourth-order valence-corrected chi connectivity index (χ4v) is 2.52. The van der Waals surface area contributed by atoms with Crippen LogP contribution in [0.2, 0.25) is 0 Å². The smallest absolute Gasteiger partial charge is 0.240 e. The first kappa shape index (κ1) is 11.7. The van der Waals surface area contributed by atoms with E-state index in [1.165, 1.54) is 0 Å². The molecule has 3 aromatic rings. The van der Waals surface area contributed by atoms with Crippen molar-refractivity contribution in [3.63, 3.8) is 0 Å². The van der Waals surface area contributed by atoms with E-state index in [-0.39, 0.29) is 0 Å². The molecule has 3 rings (SSSR count). The lowest BCUT2D eigenvalue weighted by atomic mass is 10.0. The molecule has 0 aliphatic heterocycles. The number of hydrogen-bond donors (Lipinski definition) is 1. The Morgan fingerprint density at radius 2 is 1.79 bits per heavy atom. The fraction of sp³-hybridized carbons (Fsp3) is 0.308. The first-order chi connectivity index (χ1) is 8.99. The molecule has 0 radical (unpaired) electrons. The van der Waals surface area contributed by atoms with Crippen molar-refractivity contribution >= 4 is 11.6 Å². The van der Waals surface area contributed by atoms with Gasteiger partial charge in [0.2, 0.25) is 5.95 Å². The van der Waals surface area contributed by atoms with Crippen LogP contribution in [-0.4, -0.2) is 24.4 Å². The number of nitrogens with two attached hydrogens (primary N) is 1. The van der Waals surface area contributed by atoms with Gasteiger partial charge in [-0.1, -0.05) is 0 Å². The van der Waals surface area contributed by atoms with Gasteiger partial charge < -0.3 is 5.73 Å². The van der Waals surface area contributed by atoms with Gasteiger partial charge in [-0.25, -0.2) is 4.52 Å². The van der Waals surface area contributed by atoms with Gasteiger partial charge in [0, 0.05) is 29.6 Å². The predicted octanol–water partition coefficient (Wildman–Crippen LogP) is 1.64. The number of rotatable bonds is 1. The summed E-state index contributed by atoms with van der Waals surface area (Å²) in [6.45, 7) is 6.10. The monoisotopic (exact) mass is 256 g/mol. The average Bonchev–Trinajstić information content (AvgIpc) is 2.83. The predicted molar refractivity (Wildman–Crippen MR) is 73.8 cm³/mol. The van der Waals surface area contributed by atoms with Crippen LogP contribution in [-0.2, 0) is 7.05 Å². The van der Waals surface area contributed by atoms with Crippen molar-refractivity contribution in [2.75, 3.05) is 5.73 Å². The largest absolute Gasteiger partial charge is 0.366 e. The summed E-state index contributed by atoms with van der Waals surface area (Å²) in [6.07, 6.45) is 0. The van der Waals surface area contributed by atoms with E-state index in [1.54, 1.807) is 4.52 Å². The first-order valence-electron chi connectivity index (χ1n) is 6.11. The molecule has 0 bridgehead atoms. The van der Waals surface area contributed by atoms with E-state index in [1.807, 2.05) is 31.6 Å². The number of anilines is 1. The van der Waals surface area contributed by atoms with Gasteiger partial charge in [0.05, 0.1) is 5.69 Å². The van der Waals surface area contributed by atoms with Crippen molar-refractivity contribution in [3.05, 3.63) is 29.2 Å². The molecule has 0 saturated carbocycles. The Bertz CT molecular complexity index is 780. The molecule has 98 valence electrons. The summed E-state index contributed by atoms with van der Waals surface area (Å²) in [5.74, 6) is 0.292. The summed E-state index contributed by atoms with van der Waals surface area (Å²) in [7, 11) is 1.95. The van der Waals surface area contributed by atoms with E-state index < -0.39 is 0 Å². The molecule has 0 saturated heterocycles. The van der Waals surface area contributed by atoms with Crippen LogP contribution in [0, 0.1) is 20.8 Å². The van der Waals surface area contributed by atoms with Crippen molar-refractivity contribution < 1.29 is 0 Å². The molecule has 0 unspecified atom stereocenters. The van der Waals surface area contributed by atoms with Crippen LogP contribution >= 0.6 is 0 Å². The number of fused-ring (bicyclic) bond motifs is 1. The van der Waals surface area contributed by atoms with Crippen molar-refractivity contribution in [1.82, 2.24) is 24.4 Å². The molecular weight excluding hydrogens is 240 g/mol. The molecule has 6 nitrogen and oxygen atoms in total. The minimum Gasteiger partial charge on any atom is -0.366 e. The highest BCUT2D eigenvalue weighted by Gasteiger charge is 2.16. The maximum absolute atomic E-state index is 5.65. The second-order valence-electron chi connectivity index (χ2n) is 4.74. The number of hydrogen-bond acceptors (Lipinski definition) is 4. The third-order valence-corrected chi connectivity index (χ3v) is 3.53. The standard InChI is InChI=1S/C13H16N6/c1-7-12(9(3)18(4)16-7)10-5-6-11-15-13(14)17-19(11)8(10)2/h5-6H,1-4H3,(H2,14,17). The van der Waals surface area contributed by atoms with Crippen LogP contribution in [0.5, 0.6) is 0 Å². The molecule has 0 aromatic carbocycles. The van der Waals surface area contributed by atoms with Gasteiger partial charge in [0.15, 0.2) is 5.65 Å². The molecular formula is C13H16N6. The molecule has 0 aliphatic carbocycles. The Labute approximate surface area is 110 Å². The summed E-state index contributed by atoms with van der Waals surface area (Å²) in [5.41, 5.74) is 11.8. The van der Waals surface area contributed by atoms with Crippen LogP contribution in [0.1, 0.15) is 17.1 Å². The molecule has 0 atom stereocenters. The summed E-state index contributed by atoms with van der Waals surface area (Å²) >= 11 is 0. The Morgan fingerprint density at radius 3 is 2.42 bits per heavy atom. The lowest BCUT2D eigenvalue weighted by molar-refractivity contribution is 0.731. The van der Waals surface area contributed by atoms with Crippen LogP contribution in [0.15, 0.2) is 12.1 Å². The van der Waals surface area contributed by atoms with Crippen LogP contribution in [0.25, 0.3) is 16.8 Å². The zero-order valence-corrected chi connectivity index (χ0v) is 11.5. The summed E-state index contributed by atoms with van der Waals surface area (Å²) in [6, 6.07) is 3.98. The van der Waals surface area contributed by atoms with E-state index in [2.05, 4.69) is 28.2 Å². The Balaban J connectivity index is 2.33. The number of pyridine rings is 1. The molecule has 6 heteroatoms. The lowest BCUT2D eigenvalue weighted by Gasteiger charge is -2.07. The first-order valence-corrected chi connectivity index (χ1v) is 6.11. The van der Waals surface area contributed by atoms with E-state index in [0.717, 1.165) is 33.9 Å². The number of aromatic nitrogens is 5. The van der Waals surface area contributed by atoms with Gasteiger partial charge >= 0.3 is 0 Å². The van der Waals surface area contributed by atoms with E-state index in [9.17, 15) is 0 Å². The van der Waals surface area contributed by atoms with E-state index in [0.29, 0.717) is 5.95 Å². The quantitative estimate of drug-likeness (QED) is 0.718. The zero-order chi connectivity index (χ0) is 13.7. The van der Waals surface area contributed by atoms with E-state index in [4.69, 9.17) is 5.73 Å². The van der Waals surface area contributed by atoms with E-state index >= 15 is 0 Å². The average molecular weight is 256 g/mol. The summed E-state index contributed by atoms with van der Waals surface area (Å²) < 4.78 is 3.67. The van der Waals surface area contributed by atoms with Gasteiger partial charge in [-0.05, 0) is 32.9 Å². The number of nitrogens with zero attached hydrogens (tertiary/aromatic N) is 5. The molecule has 0 fully saturated rings. The molecule has 0 amide bonds. The molecule has 3 heterocycles. The minimum absolute atomic E-state index is 0.292. The molecule has 2 N–H and O–H groups in total. The third kappa shape index (κ3) is 1.60. The minimum atomic E-state index is 0.292. The highest BCUT2D eigenvalue weighted by Crippen LogP contribution is 2.29. The van der Waals surface area contributed by atoms with Crippen LogP contribution in [0.4, 0.5) is 5.95 Å².